The first-order valence-electron chi connectivity index (χ1n) is 9.11. The van der Waals surface area contributed by atoms with Gasteiger partial charge in [-0.2, -0.15) is 0 Å². The molecule has 1 atom stereocenters. The molecule has 1 aromatic rings. The molecule has 26 heavy (non-hydrogen) atoms. The monoisotopic (exact) mass is 417 g/mol. The second-order valence-corrected chi connectivity index (χ2v) is 7.70. The van der Waals surface area contributed by atoms with Crippen LogP contribution in [-0.4, -0.2) is 71.8 Å². The fourth-order valence-corrected chi connectivity index (χ4v) is 3.91. The first-order valence-corrected chi connectivity index (χ1v) is 9.90. The van der Waals surface area contributed by atoms with Crippen LogP contribution in [0.4, 0.5) is 0 Å². The van der Waals surface area contributed by atoms with Crippen LogP contribution in [0.5, 0.6) is 0 Å². The maximum absolute atomic E-state index is 13.0. The first-order chi connectivity index (χ1) is 12.6. The van der Waals surface area contributed by atoms with Crippen molar-refractivity contribution in [1.29, 1.82) is 0 Å². The van der Waals surface area contributed by atoms with Gasteiger partial charge in [-0.25, -0.2) is 0 Å². The van der Waals surface area contributed by atoms with Crippen molar-refractivity contribution < 1.29 is 9.59 Å². The Morgan fingerprint density at radius 1 is 1.12 bits per heavy atom. The molecule has 0 radical (unpaired) electrons. The van der Waals surface area contributed by atoms with E-state index in [2.05, 4.69) is 26.8 Å². The average molecular weight is 418 g/mol. The lowest BCUT2D eigenvalue weighted by molar-refractivity contribution is -0.137. The Labute approximate surface area is 163 Å². The lowest BCUT2D eigenvalue weighted by Crippen LogP contribution is -2.54. The fraction of sp³-hybridized carbons (Fsp3) is 0.500. The standard InChI is InChI=1S/C20H24BrN3O2/c1-2-3-10-22-12-14-23(15-13-22)20(26)18-5-4-11-24(18)19(25)16-6-8-17(21)9-7-16/h1,6-9,18H,3-5,10-15H2. The van der Waals surface area contributed by atoms with Crippen LogP contribution < -0.4 is 0 Å². The summed E-state index contributed by atoms with van der Waals surface area (Å²) in [7, 11) is 0. The molecule has 0 bridgehead atoms. The number of carbonyl (C=O) groups is 2. The summed E-state index contributed by atoms with van der Waals surface area (Å²) in [6.07, 6.45) is 7.69. The molecule has 0 N–H and O–H groups in total. The quantitative estimate of drug-likeness (QED) is 0.705. The molecule has 1 unspecified atom stereocenters. The number of carbonyl (C=O) groups excluding carboxylic acids is 2. The molecule has 5 nitrogen and oxygen atoms in total. The minimum absolute atomic E-state index is 0.0546. The number of rotatable bonds is 4. The summed E-state index contributed by atoms with van der Waals surface area (Å²) in [6.45, 7) is 4.64. The predicted molar refractivity (Wildman–Crippen MR) is 105 cm³/mol. The highest BCUT2D eigenvalue weighted by Gasteiger charge is 2.37. The molecule has 3 rings (SSSR count). The van der Waals surface area contributed by atoms with Crippen molar-refractivity contribution in [3.63, 3.8) is 0 Å². The number of benzene rings is 1. The largest absolute Gasteiger partial charge is 0.338 e. The van der Waals surface area contributed by atoms with E-state index in [-0.39, 0.29) is 17.9 Å². The van der Waals surface area contributed by atoms with Gasteiger partial charge in [-0.15, -0.1) is 12.3 Å². The van der Waals surface area contributed by atoms with Gasteiger partial charge in [0.2, 0.25) is 5.91 Å². The zero-order valence-corrected chi connectivity index (χ0v) is 16.5. The summed E-state index contributed by atoms with van der Waals surface area (Å²) in [5.74, 6) is 2.69. The molecule has 0 spiro atoms. The summed E-state index contributed by atoms with van der Waals surface area (Å²) in [5, 5.41) is 0. The number of likely N-dealkylation sites (tertiary alicyclic amines) is 1. The Morgan fingerprint density at radius 3 is 2.46 bits per heavy atom. The van der Waals surface area contributed by atoms with E-state index in [1.807, 2.05) is 17.0 Å². The summed E-state index contributed by atoms with van der Waals surface area (Å²) in [6, 6.07) is 6.99. The van der Waals surface area contributed by atoms with Crippen LogP contribution in [0, 0.1) is 12.3 Å². The molecule has 6 heteroatoms. The molecular weight excluding hydrogens is 394 g/mol. The number of hydrogen-bond donors (Lipinski definition) is 0. The summed E-state index contributed by atoms with van der Waals surface area (Å²) < 4.78 is 0.936. The molecule has 0 aliphatic carbocycles. The van der Waals surface area contributed by atoms with Gasteiger partial charge in [0.15, 0.2) is 0 Å². The van der Waals surface area contributed by atoms with Crippen LogP contribution >= 0.6 is 15.9 Å². The lowest BCUT2D eigenvalue weighted by Gasteiger charge is -2.37. The molecular formula is C20H24BrN3O2. The Bertz CT molecular complexity index is 690. The van der Waals surface area contributed by atoms with Crippen LogP contribution in [0.3, 0.4) is 0 Å². The SMILES string of the molecule is C#CCCN1CCN(C(=O)C2CCCN2C(=O)c2ccc(Br)cc2)CC1. The van der Waals surface area contributed by atoms with E-state index in [9.17, 15) is 9.59 Å². The zero-order valence-electron chi connectivity index (χ0n) is 14.9. The molecule has 2 aliphatic heterocycles. The van der Waals surface area contributed by atoms with Gasteiger partial charge in [-0.1, -0.05) is 15.9 Å². The van der Waals surface area contributed by atoms with Gasteiger partial charge in [0.05, 0.1) is 0 Å². The van der Waals surface area contributed by atoms with E-state index in [0.29, 0.717) is 25.2 Å². The van der Waals surface area contributed by atoms with E-state index in [1.54, 1.807) is 17.0 Å². The predicted octanol–water partition coefficient (Wildman–Crippen LogP) is 2.22. The van der Waals surface area contributed by atoms with Gasteiger partial charge in [-0.05, 0) is 37.1 Å². The van der Waals surface area contributed by atoms with E-state index in [4.69, 9.17) is 6.42 Å². The molecule has 0 aromatic heterocycles. The van der Waals surface area contributed by atoms with Crippen LogP contribution in [0.15, 0.2) is 28.7 Å². The first kappa shape index (κ1) is 18.9. The highest BCUT2D eigenvalue weighted by molar-refractivity contribution is 9.10. The Hall–Kier alpha value is -1.84. The molecule has 2 fully saturated rings. The zero-order chi connectivity index (χ0) is 18.5. The van der Waals surface area contributed by atoms with Crippen molar-refractivity contribution in [3.8, 4) is 12.3 Å². The van der Waals surface area contributed by atoms with Crippen molar-refractivity contribution in [2.24, 2.45) is 0 Å². The molecule has 1 aromatic carbocycles. The third-order valence-electron chi connectivity index (χ3n) is 5.15. The van der Waals surface area contributed by atoms with Crippen molar-refractivity contribution >= 4 is 27.7 Å². The maximum Gasteiger partial charge on any atom is 0.254 e. The van der Waals surface area contributed by atoms with Gasteiger partial charge in [0, 0.05) is 55.7 Å². The van der Waals surface area contributed by atoms with Gasteiger partial charge < -0.3 is 9.80 Å². The fourth-order valence-electron chi connectivity index (χ4n) is 3.65. The topological polar surface area (TPSA) is 43.9 Å². The molecule has 2 amide bonds. The number of halogens is 1. The molecule has 2 saturated heterocycles. The van der Waals surface area contributed by atoms with Crippen molar-refractivity contribution in [2.75, 3.05) is 39.3 Å². The second-order valence-electron chi connectivity index (χ2n) is 6.78. The van der Waals surface area contributed by atoms with E-state index >= 15 is 0 Å². The third-order valence-corrected chi connectivity index (χ3v) is 5.67. The summed E-state index contributed by atoms with van der Waals surface area (Å²) in [4.78, 5) is 31.8. The van der Waals surface area contributed by atoms with Gasteiger partial charge in [0.1, 0.15) is 6.04 Å². The number of nitrogens with zero attached hydrogens (tertiary/aromatic N) is 3. The van der Waals surface area contributed by atoms with Gasteiger partial charge >= 0.3 is 0 Å². The Balaban J connectivity index is 1.61. The van der Waals surface area contributed by atoms with Crippen LogP contribution in [0.2, 0.25) is 0 Å². The Morgan fingerprint density at radius 2 is 1.81 bits per heavy atom. The number of amides is 2. The average Bonchev–Trinajstić information content (AvgIpc) is 3.16. The molecule has 138 valence electrons. The number of terminal acetylenes is 1. The lowest BCUT2D eigenvalue weighted by atomic mass is 10.1. The molecule has 0 saturated carbocycles. The second kappa shape index (κ2) is 8.70. The summed E-state index contributed by atoms with van der Waals surface area (Å²) in [5.41, 5.74) is 0.631. The van der Waals surface area contributed by atoms with E-state index < -0.39 is 0 Å². The molecule has 2 heterocycles. The smallest absolute Gasteiger partial charge is 0.254 e. The number of piperazine rings is 1. The highest BCUT2D eigenvalue weighted by atomic mass is 79.9. The minimum Gasteiger partial charge on any atom is -0.338 e. The Kier molecular flexibility index (Phi) is 6.33. The van der Waals surface area contributed by atoms with E-state index in [1.165, 1.54) is 0 Å². The van der Waals surface area contributed by atoms with E-state index in [0.717, 1.165) is 43.4 Å². The molecule has 2 aliphatic rings. The third kappa shape index (κ3) is 4.28. The van der Waals surface area contributed by atoms with Crippen LogP contribution in [0.1, 0.15) is 29.6 Å². The maximum atomic E-state index is 13.0. The van der Waals surface area contributed by atoms with Crippen LogP contribution in [-0.2, 0) is 4.79 Å². The normalized spacial score (nSPS) is 20.8. The number of hydrogen-bond acceptors (Lipinski definition) is 3. The summed E-state index contributed by atoms with van der Waals surface area (Å²) >= 11 is 3.39. The van der Waals surface area contributed by atoms with Crippen molar-refractivity contribution in [3.05, 3.63) is 34.3 Å². The highest BCUT2D eigenvalue weighted by Crippen LogP contribution is 2.23. The van der Waals surface area contributed by atoms with Crippen LogP contribution in [0.25, 0.3) is 0 Å². The van der Waals surface area contributed by atoms with Crippen molar-refractivity contribution in [1.82, 2.24) is 14.7 Å². The van der Waals surface area contributed by atoms with Gasteiger partial charge in [0.25, 0.3) is 5.91 Å². The van der Waals surface area contributed by atoms with Gasteiger partial charge in [-0.3, -0.25) is 14.5 Å². The minimum atomic E-state index is -0.330. The van der Waals surface area contributed by atoms with Crippen molar-refractivity contribution in [2.45, 2.75) is 25.3 Å².